The molecule has 18 heavy (non-hydrogen) atoms. The molecule has 0 bridgehead atoms. The van der Waals surface area contributed by atoms with Gasteiger partial charge in [-0.1, -0.05) is 19.9 Å². The summed E-state index contributed by atoms with van der Waals surface area (Å²) < 4.78 is 13.1. The summed E-state index contributed by atoms with van der Waals surface area (Å²) in [6.07, 6.45) is 1.29. The highest BCUT2D eigenvalue weighted by molar-refractivity contribution is 5.82. The predicted octanol–water partition coefficient (Wildman–Crippen LogP) is 3.52. The number of carboxylic acid groups (broad SMARTS) is 1. The van der Waals surface area contributed by atoms with Crippen LogP contribution in [0, 0.1) is 11.7 Å². The Morgan fingerprint density at radius 1 is 1.50 bits per heavy atom. The lowest BCUT2D eigenvalue weighted by atomic mass is 9.91. The Balaban J connectivity index is 2.82. The number of benzene rings is 1. The van der Waals surface area contributed by atoms with Crippen molar-refractivity contribution in [2.45, 2.75) is 39.2 Å². The molecule has 1 aromatic rings. The molecule has 4 heteroatoms. The van der Waals surface area contributed by atoms with E-state index in [1.165, 1.54) is 12.1 Å². The number of halogens is 1. The molecule has 0 aliphatic heterocycles. The minimum absolute atomic E-state index is 0.378. The highest BCUT2D eigenvalue weighted by Gasteiger charge is 2.32. The molecule has 1 rings (SSSR count). The first-order chi connectivity index (χ1) is 8.33. The van der Waals surface area contributed by atoms with Crippen molar-refractivity contribution in [3.05, 3.63) is 30.1 Å². The summed E-state index contributed by atoms with van der Waals surface area (Å²) in [4.78, 5) is 11.4. The standard InChI is InChI=1S/C14H20FNO2/c1-10(2)7-8-14(3,13(17)18)16-12-6-4-5-11(15)9-12/h4-6,9-10,16H,7-8H2,1-3H3,(H,17,18). The molecule has 0 radical (unpaired) electrons. The molecule has 1 unspecified atom stereocenters. The molecular formula is C14H20FNO2. The number of hydrogen-bond acceptors (Lipinski definition) is 2. The maximum Gasteiger partial charge on any atom is 0.329 e. The Labute approximate surface area is 107 Å². The Bertz CT molecular complexity index is 420. The van der Waals surface area contributed by atoms with E-state index in [4.69, 9.17) is 0 Å². The Morgan fingerprint density at radius 2 is 2.17 bits per heavy atom. The molecule has 0 spiro atoms. The molecule has 0 saturated carbocycles. The van der Waals surface area contributed by atoms with Crippen LogP contribution in [0.2, 0.25) is 0 Å². The van der Waals surface area contributed by atoms with Crippen LogP contribution >= 0.6 is 0 Å². The van der Waals surface area contributed by atoms with Gasteiger partial charge in [0.25, 0.3) is 0 Å². The zero-order valence-corrected chi connectivity index (χ0v) is 11.0. The van der Waals surface area contributed by atoms with Gasteiger partial charge in [-0.15, -0.1) is 0 Å². The van der Waals surface area contributed by atoms with Gasteiger partial charge in [-0.3, -0.25) is 0 Å². The monoisotopic (exact) mass is 253 g/mol. The maximum atomic E-state index is 13.1. The van der Waals surface area contributed by atoms with E-state index in [0.717, 1.165) is 6.42 Å². The second kappa shape index (κ2) is 5.85. The van der Waals surface area contributed by atoms with E-state index in [-0.39, 0.29) is 5.82 Å². The number of carboxylic acids is 1. The first kappa shape index (κ1) is 14.5. The average molecular weight is 253 g/mol. The Hall–Kier alpha value is -1.58. The third-order valence-corrected chi connectivity index (χ3v) is 2.94. The van der Waals surface area contributed by atoms with E-state index in [9.17, 15) is 14.3 Å². The molecule has 0 aliphatic rings. The lowest BCUT2D eigenvalue weighted by Gasteiger charge is -2.28. The summed E-state index contributed by atoms with van der Waals surface area (Å²) in [6, 6.07) is 5.86. The third kappa shape index (κ3) is 4.02. The fraction of sp³-hybridized carbons (Fsp3) is 0.500. The lowest BCUT2D eigenvalue weighted by Crippen LogP contribution is -2.43. The van der Waals surface area contributed by atoms with Gasteiger partial charge in [0.2, 0.25) is 0 Å². The topological polar surface area (TPSA) is 49.3 Å². The second-order valence-electron chi connectivity index (χ2n) is 5.21. The van der Waals surface area contributed by atoms with Crippen molar-refractivity contribution in [1.82, 2.24) is 0 Å². The number of carbonyl (C=O) groups is 1. The maximum absolute atomic E-state index is 13.1. The van der Waals surface area contributed by atoms with Gasteiger partial charge >= 0.3 is 5.97 Å². The molecular weight excluding hydrogens is 233 g/mol. The number of hydrogen-bond donors (Lipinski definition) is 2. The molecule has 0 aromatic heterocycles. The van der Waals surface area contributed by atoms with E-state index in [2.05, 4.69) is 5.32 Å². The van der Waals surface area contributed by atoms with Gasteiger partial charge in [0.1, 0.15) is 11.4 Å². The van der Waals surface area contributed by atoms with Crippen LogP contribution in [-0.2, 0) is 4.79 Å². The zero-order valence-electron chi connectivity index (χ0n) is 11.0. The van der Waals surface area contributed by atoms with Crippen LogP contribution in [0.5, 0.6) is 0 Å². The molecule has 3 nitrogen and oxygen atoms in total. The summed E-state index contributed by atoms with van der Waals surface area (Å²) in [7, 11) is 0. The fourth-order valence-electron chi connectivity index (χ4n) is 1.69. The van der Waals surface area contributed by atoms with E-state index in [0.29, 0.717) is 18.0 Å². The molecule has 1 aromatic carbocycles. The summed E-state index contributed by atoms with van der Waals surface area (Å²) in [5.41, 5.74) is -0.582. The van der Waals surface area contributed by atoms with Crippen LogP contribution in [0.1, 0.15) is 33.6 Å². The third-order valence-electron chi connectivity index (χ3n) is 2.94. The first-order valence-electron chi connectivity index (χ1n) is 6.10. The van der Waals surface area contributed by atoms with Gasteiger partial charge in [-0.05, 0) is 43.9 Å². The molecule has 0 heterocycles. The summed E-state index contributed by atoms with van der Waals surface area (Å²) in [6.45, 7) is 5.72. The van der Waals surface area contributed by atoms with E-state index >= 15 is 0 Å². The second-order valence-corrected chi connectivity index (χ2v) is 5.21. The predicted molar refractivity (Wildman–Crippen MR) is 70.1 cm³/mol. The fourth-order valence-corrected chi connectivity index (χ4v) is 1.69. The van der Waals surface area contributed by atoms with E-state index < -0.39 is 11.5 Å². The molecule has 0 saturated heterocycles. The Kier molecular flexibility index (Phi) is 4.70. The smallest absolute Gasteiger partial charge is 0.329 e. The number of nitrogens with one attached hydrogen (secondary N) is 1. The van der Waals surface area contributed by atoms with Gasteiger partial charge in [0, 0.05) is 5.69 Å². The first-order valence-corrected chi connectivity index (χ1v) is 6.10. The van der Waals surface area contributed by atoms with Crippen molar-refractivity contribution in [2.24, 2.45) is 5.92 Å². The van der Waals surface area contributed by atoms with E-state index in [1.54, 1.807) is 19.1 Å². The van der Waals surface area contributed by atoms with Crippen LogP contribution in [0.15, 0.2) is 24.3 Å². The molecule has 0 amide bonds. The molecule has 0 fully saturated rings. The highest BCUT2D eigenvalue weighted by atomic mass is 19.1. The Morgan fingerprint density at radius 3 is 2.67 bits per heavy atom. The van der Waals surface area contributed by atoms with Gasteiger partial charge in [0.05, 0.1) is 0 Å². The summed E-state index contributed by atoms with van der Waals surface area (Å²) in [5, 5.41) is 12.2. The summed E-state index contributed by atoms with van der Waals surface area (Å²) in [5.74, 6) is -0.873. The van der Waals surface area contributed by atoms with Crippen molar-refractivity contribution in [2.75, 3.05) is 5.32 Å². The van der Waals surface area contributed by atoms with Crippen molar-refractivity contribution >= 4 is 11.7 Å². The van der Waals surface area contributed by atoms with Crippen molar-refractivity contribution < 1.29 is 14.3 Å². The quantitative estimate of drug-likeness (QED) is 0.815. The van der Waals surface area contributed by atoms with Crippen LogP contribution in [-0.4, -0.2) is 16.6 Å². The molecule has 0 aliphatic carbocycles. The van der Waals surface area contributed by atoms with Crippen molar-refractivity contribution in [3.8, 4) is 0 Å². The van der Waals surface area contributed by atoms with Crippen LogP contribution < -0.4 is 5.32 Å². The normalized spacial score (nSPS) is 14.3. The molecule has 2 N–H and O–H groups in total. The zero-order chi connectivity index (χ0) is 13.8. The van der Waals surface area contributed by atoms with Crippen LogP contribution in [0.25, 0.3) is 0 Å². The van der Waals surface area contributed by atoms with E-state index in [1.807, 2.05) is 13.8 Å². The largest absolute Gasteiger partial charge is 0.480 e. The van der Waals surface area contributed by atoms with Crippen molar-refractivity contribution in [3.63, 3.8) is 0 Å². The highest BCUT2D eigenvalue weighted by Crippen LogP contribution is 2.23. The number of rotatable bonds is 6. The lowest BCUT2D eigenvalue weighted by molar-refractivity contribution is -0.142. The van der Waals surface area contributed by atoms with Gasteiger partial charge in [0.15, 0.2) is 0 Å². The van der Waals surface area contributed by atoms with Gasteiger partial charge in [-0.2, -0.15) is 0 Å². The molecule has 1 atom stereocenters. The van der Waals surface area contributed by atoms with Crippen molar-refractivity contribution in [1.29, 1.82) is 0 Å². The summed E-state index contributed by atoms with van der Waals surface area (Å²) >= 11 is 0. The number of aliphatic carboxylic acids is 1. The van der Waals surface area contributed by atoms with Crippen LogP contribution in [0.4, 0.5) is 10.1 Å². The van der Waals surface area contributed by atoms with Gasteiger partial charge < -0.3 is 10.4 Å². The minimum atomic E-state index is -1.07. The SMILES string of the molecule is CC(C)CCC(C)(Nc1cccc(F)c1)C(=O)O. The van der Waals surface area contributed by atoms with Crippen LogP contribution in [0.3, 0.4) is 0 Å². The number of anilines is 1. The average Bonchev–Trinajstić information content (AvgIpc) is 2.26. The minimum Gasteiger partial charge on any atom is -0.480 e. The van der Waals surface area contributed by atoms with Gasteiger partial charge in [-0.25, -0.2) is 9.18 Å². The molecule has 100 valence electrons.